The molecule has 3 rings (SSSR count). The van der Waals surface area contributed by atoms with Gasteiger partial charge < -0.3 is 5.32 Å². The van der Waals surface area contributed by atoms with Gasteiger partial charge in [-0.3, -0.25) is 4.18 Å². The van der Waals surface area contributed by atoms with Crippen molar-refractivity contribution < 1.29 is 12.6 Å². The van der Waals surface area contributed by atoms with Crippen molar-refractivity contribution in [1.29, 1.82) is 0 Å². The molecule has 0 amide bonds. The van der Waals surface area contributed by atoms with Gasteiger partial charge in [-0.15, -0.1) is 0 Å². The van der Waals surface area contributed by atoms with E-state index in [2.05, 4.69) is 14.6 Å². The Morgan fingerprint density at radius 1 is 1.00 bits per heavy atom. The van der Waals surface area contributed by atoms with Gasteiger partial charge in [0.25, 0.3) is 11.0 Å². The van der Waals surface area contributed by atoms with Crippen molar-refractivity contribution in [2.45, 2.75) is 6.61 Å². The Balaban J connectivity index is 1.67. The molecule has 2 aromatic carbocycles. The van der Waals surface area contributed by atoms with Crippen molar-refractivity contribution in [3.05, 3.63) is 72.4 Å². The monoisotopic (exact) mass is 329 g/mol. The molecule has 0 saturated heterocycles. The van der Waals surface area contributed by atoms with E-state index in [0.717, 1.165) is 22.8 Å². The topological polar surface area (TPSA) is 73.2 Å². The van der Waals surface area contributed by atoms with Crippen molar-refractivity contribution in [2.75, 3.05) is 5.32 Å². The van der Waals surface area contributed by atoms with Gasteiger partial charge in [-0.2, -0.15) is 5.10 Å². The minimum atomic E-state index is -2.82. The van der Waals surface area contributed by atoms with E-state index in [1.165, 1.54) is 0 Å². The van der Waals surface area contributed by atoms with Crippen molar-refractivity contribution in [3.8, 4) is 5.69 Å². The summed E-state index contributed by atoms with van der Waals surface area (Å²) in [5, 5.41) is 7.65. The minimum absolute atomic E-state index is 0.0433. The number of anilines is 2. The van der Waals surface area contributed by atoms with Crippen LogP contribution in [0.3, 0.4) is 0 Å². The SMILES string of the molecule is O=[SH](=O)OCc1ccc(Nc2ccn(-c3ccccc3)n2)cc1. The van der Waals surface area contributed by atoms with Gasteiger partial charge in [-0.1, -0.05) is 30.3 Å². The first-order valence-electron chi connectivity index (χ1n) is 6.95. The van der Waals surface area contributed by atoms with E-state index < -0.39 is 11.0 Å². The van der Waals surface area contributed by atoms with Gasteiger partial charge in [0.2, 0.25) is 0 Å². The third-order valence-electron chi connectivity index (χ3n) is 3.17. The predicted molar refractivity (Wildman–Crippen MR) is 88.4 cm³/mol. The van der Waals surface area contributed by atoms with Crippen LogP contribution in [0.15, 0.2) is 66.9 Å². The van der Waals surface area contributed by atoms with E-state index >= 15 is 0 Å². The lowest BCUT2D eigenvalue weighted by Gasteiger charge is -2.05. The van der Waals surface area contributed by atoms with E-state index in [-0.39, 0.29) is 6.61 Å². The maximum atomic E-state index is 10.4. The Morgan fingerprint density at radius 2 is 1.74 bits per heavy atom. The molecule has 0 radical (unpaired) electrons. The molecule has 0 unspecified atom stereocenters. The highest BCUT2D eigenvalue weighted by atomic mass is 32.2. The zero-order valence-electron chi connectivity index (χ0n) is 12.1. The average molecular weight is 329 g/mol. The lowest BCUT2D eigenvalue weighted by Crippen LogP contribution is -1.97. The van der Waals surface area contributed by atoms with Crippen LogP contribution in [0.5, 0.6) is 0 Å². The molecule has 0 aliphatic carbocycles. The Kier molecular flexibility index (Phi) is 4.70. The minimum Gasteiger partial charge on any atom is -0.339 e. The highest BCUT2D eigenvalue weighted by molar-refractivity contribution is 7.67. The molecule has 0 aliphatic heterocycles. The highest BCUT2D eigenvalue weighted by Crippen LogP contribution is 2.17. The molecule has 0 fully saturated rings. The van der Waals surface area contributed by atoms with Gasteiger partial charge in [0.1, 0.15) is 0 Å². The molecule has 0 aliphatic rings. The van der Waals surface area contributed by atoms with Gasteiger partial charge >= 0.3 is 0 Å². The maximum Gasteiger partial charge on any atom is 0.257 e. The van der Waals surface area contributed by atoms with Crippen molar-refractivity contribution in [2.24, 2.45) is 0 Å². The number of aromatic nitrogens is 2. The third-order valence-corrected chi connectivity index (χ3v) is 3.51. The van der Waals surface area contributed by atoms with Crippen LogP contribution in [-0.4, -0.2) is 18.2 Å². The van der Waals surface area contributed by atoms with Crippen LogP contribution in [0.4, 0.5) is 11.5 Å². The first-order chi connectivity index (χ1) is 11.2. The van der Waals surface area contributed by atoms with E-state index in [1.807, 2.05) is 54.7 Å². The fraction of sp³-hybridized carbons (Fsp3) is 0.0625. The number of hydrogen-bond donors (Lipinski definition) is 2. The van der Waals surface area contributed by atoms with Gasteiger partial charge in [-0.05, 0) is 29.8 Å². The standard InChI is InChI=1S/C16H15N3O3S/c20-23(21)22-12-13-6-8-14(9-7-13)17-16-10-11-19(18-16)15-4-2-1-3-5-15/h1-11,23H,12H2,(H,17,18). The van der Waals surface area contributed by atoms with Crippen molar-refractivity contribution in [3.63, 3.8) is 0 Å². The number of thiol groups is 1. The molecule has 7 heteroatoms. The molecule has 0 spiro atoms. The molecule has 23 heavy (non-hydrogen) atoms. The number of para-hydroxylation sites is 1. The van der Waals surface area contributed by atoms with E-state index in [4.69, 9.17) is 0 Å². The normalized spacial score (nSPS) is 10.8. The molecule has 0 bridgehead atoms. The zero-order chi connectivity index (χ0) is 16.1. The molecule has 1 aromatic heterocycles. The molecule has 118 valence electrons. The van der Waals surface area contributed by atoms with Crippen LogP contribution in [0.25, 0.3) is 5.69 Å². The first-order valence-corrected chi connectivity index (χ1v) is 8.04. The summed E-state index contributed by atoms with van der Waals surface area (Å²) in [4.78, 5) is 0. The molecule has 0 atom stereocenters. The maximum absolute atomic E-state index is 10.4. The van der Waals surface area contributed by atoms with Crippen LogP contribution in [0.2, 0.25) is 0 Å². The van der Waals surface area contributed by atoms with E-state index in [0.29, 0.717) is 0 Å². The van der Waals surface area contributed by atoms with Gasteiger partial charge in [0, 0.05) is 18.0 Å². The number of nitrogens with zero attached hydrogens (tertiary/aromatic N) is 2. The first kappa shape index (κ1) is 15.3. The summed E-state index contributed by atoms with van der Waals surface area (Å²) in [6, 6.07) is 19.0. The number of hydrogen-bond acceptors (Lipinski definition) is 5. The summed E-state index contributed by atoms with van der Waals surface area (Å²) in [6.45, 7) is 0.0433. The van der Waals surface area contributed by atoms with Gasteiger partial charge in [0.05, 0.1) is 12.3 Å². The Morgan fingerprint density at radius 3 is 2.43 bits per heavy atom. The predicted octanol–water partition coefficient (Wildman–Crippen LogP) is 2.66. The molecular formula is C16H15N3O3S. The van der Waals surface area contributed by atoms with Crippen LogP contribution in [0.1, 0.15) is 5.56 Å². The Hall–Kier alpha value is -2.64. The summed E-state index contributed by atoms with van der Waals surface area (Å²) < 4.78 is 27.1. The van der Waals surface area contributed by atoms with E-state index in [1.54, 1.807) is 16.8 Å². The number of nitrogens with one attached hydrogen (secondary N) is 1. The average Bonchev–Trinajstić information content (AvgIpc) is 3.03. The molecule has 0 saturated carbocycles. The second kappa shape index (κ2) is 7.08. The summed E-state index contributed by atoms with van der Waals surface area (Å²) in [5.41, 5.74) is 2.63. The Labute approximate surface area is 135 Å². The summed E-state index contributed by atoms with van der Waals surface area (Å²) >= 11 is 0. The number of rotatable bonds is 6. The fourth-order valence-corrected chi connectivity index (χ4v) is 2.33. The van der Waals surface area contributed by atoms with Crippen LogP contribution < -0.4 is 5.32 Å². The summed E-state index contributed by atoms with van der Waals surface area (Å²) in [6.07, 6.45) is 1.88. The van der Waals surface area contributed by atoms with Gasteiger partial charge in [-0.25, -0.2) is 13.1 Å². The summed E-state index contributed by atoms with van der Waals surface area (Å²) in [5.74, 6) is 0.723. The lowest BCUT2D eigenvalue weighted by atomic mass is 10.2. The molecule has 1 N–H and O–H groups in total. The largest absolute Gasteiger partial charge is 0.339 e. The van der Waals surface area contributed by atoms with Gasteiger partial charge in [0.15, 0.2) is 5.82 Å². The molecule has 1 heterocycles. The Bertz CT molecular complexity index is 835. The molecule has 6 nitrogen and oxygen atoms in total. The third kappa shape index (κ3) is 4.18. The molecular weight excluding hydrogens is 314 g/mol. The van der Waals surface area contributed by atoms with Crippen LogP contribution >= 0.6 is 0 Å². The van der Waals surface area contributed by atoms with Crippen LogP contribution in [-0.2, 0) is 21.8 Å². The van der Waals surface area contributed by atoms with Crippen molar-refractivity contribution in [1.82, 2.24) is 9.78 Å². The fourth-order valence-electron chi connectivity index (χ4n) is 2.07. The lowest BCUT2D eigenvalue weighted by molar-refractivity contribution is 0.323. The summed E-state index contributed by atoms with van der Waals surface area (Å²) in [7, 11) is -2.82. The van der Waals surface area contributed by atoms with Crippen molar-refractivity contribution >= 4 is 22.5 Å². The van der Waals surface area contributed by atoms with E-state index in [9.17, 15) is 8.42 Å². The highest BCUT2D eigenvalue weighted by Gasteiger charge is 2.02. The van der Waals surface area contributed by atoms with Crippen LogP contribution in [0, 0.1) is 0 Å². The number of benzene rings is 2. The quantitative estimate of drug-likeness (QED) is 0.680. The second-order valence-corrected chi connectivity index (χ2v) is 5.51. The smallest absolute Gasteiger partial charge is 0.257 e. The molecule has 3 aromatic rings. The zero-order valence-corrected chi connectivity index (χ0v) is 13.0. The second-order valence-electron chi connectivity index (χ2n) is 4.80.